The van der Waals surface area contributed by atoms with Crippen molar-refractivity contribution in [2.24, 2.45) is 17.8 Å². The first-order valence-corrected chi connectivity index (χ1v) is 7.14. The topological polar surface area (TPSA) is 0 Å². The van der Waals surface area contributed by atoms with Crippen molar-refractivity contribution in [2.45, 2.75) is 52.9 Å². The zero-order chi connectivity index (χ0) is 12.3. The van der Waals surface area contributed by atoms with E-state index in [1.54, 1.807) is 5.57 Å². The van der Waals surface area contributed by atoms with Crippen LogP contribution >= 0.6 is 0 Å². The third kappa shape index (κ3) is 3.34. The maximum absolute atomic E-state index is 2.47. The molecule has 17 heavy (non-hydrogen) atoms. The third-order valence-electron chi connectivity index (χ3n) is 4.37. The van der Waals surface area contributed by atoms with Crippen molar-refractivity contribution in [2.75, 3.05) is 0 Å². The summed E-state index contributed by atoms with van der Waals surface area (Å²) in [6, 6.07) is 0. The quantitative estimate of drug-likeness (QED) is 0.564. The summed E-state index contributed by atoms with van der Waals surface area (Å²) in [6.45, 7) is 6.59. The first-order valence-electron chi connectivity index (χ1n) is 7.14. The fraction of sp³-hybridized carbons (Fsp3) is 0.647. The summed E-state index contributed by atoms with van der Waals surface area (Å²) in [5.41, 5.74) is 3.12. The van der Waals surface area contributed by atoms with Crippen LogP contribution < -0.4 is 0 Å². The smallest absolute Gasteiger partial charge is 0.0196 e. The number of hydrogen-bond acceptors (Lipinski definition) is 0. The van der Waals surface area contributed by atoms with Gasteiger partial charge in [-0.25, -0.2) is 0 Å². The van der Waals surface area contributed by atoms with Crippen LogP contribution in [0.5, 0.6) is 0 Å². The lowest BCUT2D eigenvalue weighted by Gasteiger charge is -2.19. The van der Waals surface area contributed by atoms with Gasteiger partial charge >= 0.3 is 0 Å². The van der Waals surface area contributed by atoms with Crippen LogP contribution in [0.2, 0.25) is 0 Å². The van der Waals surface area contributed by atoms with Crippen molar-refractivity contribution in [3.63, 3.8) is 0 Å². The molecule has 2 aliphatic carbocycles. The lowest BCUT2D eigenvalue weighted by molar-refractivity contribution is 0.439. The van der Waals surface area contributed by atoms with Crippen molar-refractivity contribution in [1.29, 1.82) is 0 Å². The fourth-order valence-corrected chi connectivity index (χ4v) is 3.38. The number of fused-ring (bicyclic) bond motifs is 2. The average Bonchev–Trinajstić information content (AvgIpc) is 2.89. The summed E-state index contributed by atoms with van der Waals surface area (Å²) in [5.74, 6) is 2.77. The lowest BCUT2D eigenvalue weighted by atomic mass is 9.86. The fourth-order valence-electron chi connectivity index (χ4n) is 3.38. The van der Waals surface area contributed by atoms with E-state index in [1.165, 1.54) is 37.7 Å². The van der Waals surface area contributed by atoms with Gasteiger partial charge in [0.05, 0.1) is 0 Å². The van der Waals surface area contributed by atoms with Crippen molar-refractivity contribution in [3.05, 3.63) is 35.5 Å². The standard InChI is InChI=1S/C17H26/c1-4-14(7-5-6-13(2)3)10-17-12-15-8-9-16(17)11-15/h4,6,8-9,15-17H,5,7,10-12H2,1-3H3/b14-4+. The highest BCUT2D eigenvalue weighted by Gasteiger charge is 2.35. The number of rotatable bonds is 5. The molecule has 0 aliphatic heterocycles. The van der Waals surface area contributed by atoms with E-state index in [9.17, 15) is 0 Å². The second kappa shape index (κ2) is 5.71. The van der Waals surface area contributed by atoms with Crippen LogP contribution in [0.4, 0.5) is 0 Å². The zero-order valence-electron chi connectivity index (χ0n) is 11.6. The van der Waals surface area contributed by atoms with Crippen molar-refractivity contribution < 1.29 is 0 Å². The predicted octanol–water partition coefficient (Wildman–Crippen LogP) is 5.28. The average molecular weight is 230 g/mol. The van der Waals surface area contributed by atoms with Crippen LogP contribution in [0.25, 0.3) is 0 Å². The van der Waals surface area contributed by atoms with E-state index in [0.29, 0.717) is 0 Å². The maximum atomic E-state index is 2.47. The Kier molecular flexibility index (Phi) is 4.25. The molecule has 0 amide bonds. The molecule has 0 radical (unpaired) electrons. The molecule has 0 saturated heterocycles. The molecule has 0 N–H and O–H groups in total. The molecule has 2 rings (SSSR count). The molecule has 0 aromatic heterocycles. The van der Waals surface area contributed by atoms with Crippen LogP contribution in [0.3, 0.4) is 0 Å². The van der Waals surface area contributed by atoms with Gasteiger partial charge < -0.3 is 0 Å². The van der Waals surface area contributed by atoms with E-state index in [0.717, 1.165) is 17.8 Å². The molecule has 1 fully saturated rings. The van der Waals surface area contributed by atoms with Gasteiger partial charge in [0.2, 0.25) is 0 Å². The van der Waals surface area contributed by atoms with Crippen LogP contribution in [0.15, 0.2) is 35.5 Å². The summed E-state index contributed by atoms with van der Waals surface area (Å²) in [4.78, 5) is 0. The second-order valence-electron chi connectivity index (χ2n) is 6.01. The molecule has 3 unspecified atom stereocenters. The number of allylic oxidation sites excluding steroid dienone is 6. The van der Waals surface area contributed by atoms with Crippen LogP contribution in [0.1, 0.15) is 52.9 Å². The molecule has 0 heterocycles. The Morgan fingerprint density at radius 2 is 2.06 bits per heavy atom. The van der Waals surface area contributed by atoms with Crippen LogP contribution in [0, 0.1) is 17.8 Å². The van der Waals surface area contributed by atoms with Gasteiger partial charge in [0, 0.05) is 0 Å². The summed E-state index contributed by atoms with van der Waals surface area (Å²) in [6.07, 6.45) is 16.4. The van der Waals surface area contributed by atoms with E-state index in [-0.39, 0.29) is 0 Å². The molecule has 0 aromatic rings. The van der Waals surface area contributed by atoms with Crippen molar-refractivity contribution in [3.8, 4) is 0 Å². The minimum atomic E-state index is 0.901. The van der Waals surface area contributed by atoms with Crippen LogP contribution in [-0.4, -0.2) is 0 Å². The Hall–Kier alpha value is -0.780. The third-order valence-corrected chi connectivity index (χ3v) is 4.37. The Balaban J connectivity index is 1.80. The Labute approximate surface area is 106 Å². The first-order chi connectivity index (χ1) is 8.19. The molecule has 0 aromatic carbocycles. The molecular formula is C17H26. The van der Waals surface area contributed by atoms with Gasteiger partial charge in [-0.3, -0.25) is 0 Å². The minimum Gasteiger partial charge on any atom is -0.0884 e. The van der Waals surface area contributed by atoms with E-state index in [4.69, 9.17) is 0 Å². The summed E-state index contributed by atoms with van der Waals surface area (Å²) >= 11 is 0. The molecule has 2 bridgehead atoms. The normalized spacial score (nSPS) is 31.0. The van der Waals surface area contributed by atoms with Crippen molar-refractivity contribution in [1.82, 2.24) is 0 Å². The lowest BCUT2D eigenvalue weighted by Crippen LogP contribution is -2.08. The summed E-state index contributed by atoms with van der Waals surface area (Å²) < 4.78 is 0. The molecule has 0 nitrogen and oxygen atoms in total. The highest BCUT2D eigenvalue weighted by molar-refractivity contribution is 5.14. The Bertz CT molecular complexity index is 339. The maximum Gasteiger partial charge on any atom is -0.0196 e. The van der Waals surface area contributed by atoms with Gasteiger partial charge in [-0.05, 0) is 70.6 Å². The second-order valence-corrected chi connectivity index (χ2v) is 6.01. The zero-order valence-corrected chi connectivity index (χ0v) is 11.6. The number of hydrogen-bond donors (Lipinski definition) is 0. The van der Waals surface area contributed by atoms with E-state index >= 15 is 0 Å². The predicted molar refractivity (Wildman–Crippen MR) is 75.9 cm³/mol. The highest BCUT2D eigenvalue weighted by Crippen LogP contribution is 2.46. The SMILES string of the molecule is C/C=C(\CCC=C(C)C)CC1CC2C=CC1C2. The summed E-state index contributed by atoms with van der Waals surface area (Å²) in [5, 5.41) is 0. The largest absolute Gasteiger partial charge is 0.0884 e. The van der Waals surface area contributed by atoms with Crippen molar-refractivity contribution >= 4 is 0 Å². The Morgan fingerprint density at radius 1 is 1.24 bits per heavy atom. The summed E-state index contributed by atoms with van der Waals surface area (Å²) in [7, 11) is 0. The molecular weight excluding hydrogens is 204 g/mol. The molecule has 1 saturated carbocycles. The minimum absolute atomic E-state index is 0.901. The van der Waals surface area contributed by atoms with Crippen LogP contribution in [-0.2, 0) is 0 Å². The van der Waals surface area contributed by atoms with E-state index < -0.39 is 0 Å². The van der Waals surface area contributed by atoms with Gasteiger partial charge in [0.15, 0.2) is 0 Å². The first kappa shape index (κ1) is 12.7. The molecule has 94 valence electrons. The Morgan fingerprint density at radius 3 is 2.59 bits per heavy atom. The molecule has 0 spiro atoms. The van der Waals surface area contributed by atoms with Gasteiger partial charge in [0.25, 0.3) is 0 Å². The van der Waals surface area contributed by atoms with E-state index in [2.05, 4.69) is 45.1 Å². The molecule has 2 aliphatic rings. The van der Waals surface area contributed by atoms with Gasteiger partial charge in [-0.1, -0.05) is 35.5 Å². The monoisotopic (exact) mass is 230 g/mol. The van der Waals surface area contributed by atoms with Gasteiger partial charge in [-0.15, -0.1) is 0 Å². The van der Waals surface area contributed by atoms with Gasteiger partial charge in [-0.2, -0.15) is 0 Å². The molecule has 3 atom stereocenters. The van der Waals surface area contributed by atoms with E-state index in [1.807, 2.05) is 0 Å². The molecule has 0 heteroatoms. The highest BCUT2D eigenvalue weighted by atomic mass is 14.4. The van der Waals surface area contributed by atoms with Gasteiger partial charge in [0.1, 0.15) is 0 Å².